The Balaban J connectivity index is 3.50. The van der Waals surface area contributed by atoms with Crippen LogP contribution < -0.4 is 0 Å². The quantitative estimate of drug-likeness (QED) is 0.743. The van der Waals surface area contributed by atoms with Gasteiger partial charge in [-0.25, -0.2) is 0 Å². The van der Waals surface area contributed by atoms with E-state index >= 15 is 0 Å². The molecule has 1 rings (SSSR count). The van der Waals surface area contributed by atoms with Crippen LogP contribution in [0.5, 0.6) is 0 Å². The smallest absolute Gasteiger partial charge is 0.254 e. The minimum absolute atomic E-state index is 0.278. The molecular weight excluding hydrogens is 321 g/mol. The first-order valence-corrected chi connectivity index (χ1v) is 5.12. The fraction of sp³-hybridized carbons (Fsp3) is 0. The summed E-state index contributed by atoms with van der Waals surface area (Å²) >= 11 is 11.6. The van der Waals surface area contributed by atoms with Crippen LogP contribution in [0.25, 0.3) is 0 Å². The Hall–Kier alpha value is -0.370. The van der Waals surface area contributed by atoms with Gasteiger partial charge in [-0.2, -0.15) is 5.26 Å². The van der Waals surface area contributed by atoms with Crippen molar-refractivity contribution in [3.63, 3.8) is 0 Å². The molecule has 0 aromatic heterocycles. The number of halogens is 3. The lowest BCUT2D eigenvalue weighted by atomic mass is 10.1. The highest BCUT2D eigenvalue weighted by Crippen LogP contribution is 2.29. The van der Waals surface area contributed by atoms with E-state index in [2.05, 4.69) is 31.9 Å². The Morgan fingerprint density at radius 1 is 1.46 bits per heavy atom. The molecule has 1 aromatic rings. The molecule has 2 nitrogen and oxygen atoms in total. The van der Waals surface area contributed by atoms with E-state index in [1.54, 1.807) is 12.1 Å². The first kappa shape index (κ1) is 10.7. The third-order valence-corrected chi connectivity index (χ3v) is 3.08. The van der Waals surface area contributed by atoms with Gasteiger partial charge in [-0.05, 0) is 55.6 Å². The van der Waals surface area contributed by atoms with Crippen molar-refractivity contribution in [1.82, 2.24) is 0 Å². The second kappa shape index (κ2) is 4.23. The summed E-state index contributed by atoms with van der Waals surface area (Å²) in [5, 5.41) is 8.06. The van der Waals surface area contributed by atoms with Gasteiger partial charge in [-0.1, -0.05) is 0 Å². The van der Waals surface area contributed by atoms with Crippen LogP contribution in [0.3, 0.4) is 0 Å². The summed E-state index contributed by atoms with van der Waals surface area (Å²) in [5.74, 6) is 0. The molecule has 0 unspecified atom stereocenters. The van der Waals surface area contributed by atoms with Crippen molar-refractivity contribution < 1.29 is 4.79 Å². The van der Waals surface area contributed by atoms with E-state index in [0.717, 1.165) is 0 Å². The van der Waals surface area contributed by atoms with Crippen molar-refractivity contribution in [3.05, 3.63) is 32.2 Å². The minimum atomic E-state index is -0.601. The van der Waals surface area contributed by atoms with E-state index in [0.29, 0.717) is 14.5 Å². The monoisotopic (exact) mass is 321 g/mol. The zero-order valence-electron chi connectivity index (χ0n) is 6.14. The number of rotatable bonds is 1. The van der Waals surface area contributed by atoms with Gasteiger partial charge in [0.2, 0.25) is 0 Å². The summed E-state index contributed by atoms with van der Waals surface area (Å²) in [6.45, 7) is 0. The first-order chi connectivity index (χ1) is 6.07. The van der Waals surface area contributed by atoms with Crippen molar-refractivity contribution >= 4 is 48.7 Å². The van der Waals surface area contributed by atoms with Gasteiger partial charge in [0.25, 0.3) is 5.24 Å². The van der Waals surface area contributed by atoms with Crippen molar-refractivity contribution in [2.75, 3.05) is 0 Å². The summed E-state index contributed by atoms with van der Waals surface area (Å²) in [4.78, 5) is 11.0. The summed E-state index contributed by atoms with van der Waals surface area (Å²) in [5.41, 5.74) is 0.660. The maximum absolute atomic E-state index is 11.0. The molecule has 1 aromatic carbocycles. The molecule has 0 aliphatic heterocycles. The number of nitrogens with zero attached hydrogens (tertiary/aromatic N) is 1. The third-order valence-electron chi connectivity index (χ3n) is 1.41. The van der Waals surface area contributed by atoms with Gasteiger partial charge in [-0.15, -0.1) is 0 Å². The van der Waals surface area contributed by atoms with Gasteiger partial charge in [-0.3, -0.25) is 4.79 Å². The van der Waals surface area contributed by atoms with E-state index in [1.165, 1.54) is 0 Å². The van der Waals surface area contributed by atoms with Gasteiger partial charge in [0, 0.05) is 8.95 Å². The Bertz CT molecular complexity index is 411. The highest BCUT2D eigenvalue weighted by Gasteiger charge is 2.14. The molecule has 5 heteroatoms. The Labute approximate surface area is 96.8 Å². The lowest BCUT2D eigenvalue weighted by Crippen LogP contribution is -1.94. The summed E-state index contributed by atoms with van der Waals surface area (Å²) in [6, 6.07) is 5.14. The van der Waals surface area contributed by atoms with E-state index in [-0.39, 0.29) is 5.56 Å². The predicted octanol–water partition coefficient (Wildman–Crippen LogP) is 3.46. The zero-order chi connectivity index (χ0) is 10.0. The average Bonchev–Trinajstić information content (AvgIpc) is 2.04. The molecule has 0 saturated heterocycles. The molecule has 0 amide bonds. The van der Waals surface area contributed by atoms with E-state index < -0.39 is 5.24 Å². The van der Waals surface area contributed by atoms with Crippen molar-refractivity contribution in [2.45, 2.75) is 0 Å². The molecule has 0 atom stereocenters. The molecule has 0 N–H and O–H groups in total. The van der Waals surface area contributed by atoms with Crippen LogP contribution in [0.2, 0.25) is 0 Å². The van der Waals surface area contributed by atoms with E-state index in [9.17, 15) is 4.79 Å². The lowest BCUT2D eigenvalue weighted by Gasteiger charge is -2.02. The van der Waals surface area contributed by atoms with Crippen LogP contribution in [0.4, 0.5) is 0 Å². The van der Waals surface area contributed by atoms with Gasteiger partial charge in [0.1, 0.15) is 6.07 Å². The molecule has 0 bridgehead atoms. The number of carbonyl (C=O) groups excluding carboxylic acids is 1. The minimum Gasteiger partial charge on any atom is -0.276 e. The average molecular weight is 323 g/mol. The standard InChI is InChI=1S/C8H2Br2ClNO/c9-5-2-1-4(3-12)7(10)6(5)8(11)13/h1-2H. The SMILES string of the molecule is N#Cc1ccc(Br)c(C(=O)Cl)c1Br. The molecule has 13 heavy (non-hydrogen) atoms. The van der Waals surface area contributed by atoms with Gasteiger partial charge in [0.15, 0.2) is 0 Å². The Morgan fingerprint density at radius 3 is 2.54 bits per heavy atom. The molecule has 0 heterocycles. The maximum Gasteiger partial charge on any atom is 0.254 e. The van der Waals surface area contributed by atoms with Gasteiger partial charge in [0.05, 0.1) is 11.1 Å². The largest absolute Gasteiger partial charge is 0.276 e. The molecule has 0 spiro atoms. The van der Waals surface area contributed by atoms with Gasteiger partial charge >= 0.3 is 0 Å². The van der Waals surface area contributed by atoms with Crippen molar-refractivity contribution in [3.8, 4) is 6.07 Å². The maximum atomic E-state index is 11.0. The van der Waals surface area contributed by atoms with Crippen LogP contribution in [0.1, 0.15) is 15.9 Å². The summed E-state index contributed by atoms with van der Waals surface area (Å²) in [6.07, 6.45) is 0. The number of nitriles is 1. The van der Waals surface area contributed by atoms with Gasteiger partial charge < -0.3 is 0 Å². The normalized spacial score (nSPS) is 9.38. The lowest BCUT2D eigenvalue weighted by molar-refractivity contribution is 0.108. The number of hydrogen-bond donors (Lipinski definition) is 0. The van der Waals surface area contributed by atoms with Crippen molar-refractivity contribution in [1.29, 1.82) is 5.26 Å². The summed E-state index contributed by atoms with van der Waals surface area (Å²) in [7, 11) is 0. The highest BCUT2D eigenvalue weighted by molar-refractivity contribution is 9.11. The number of hydrogen-bond acceptors (Lipinski definition) is 2. The fourth-order valence-corrected chi connectivity index (χ4v) is 2.63. The van der Waals surface area contributed by atoms with Crippen LogP contribution >= 0.6 is 43.5 Å². The molecule has 0 aliphatic rings. The number of benzene rings is 1. The van der Waals surface area contributed by atoms with E-state index in [4.69, 9.17) is 16.9 Å². The van der Waals surface area contributed by atoms with Crippen LogP contribution in [0, 0.1) is 11.3 Å². The predicted molar refractivity (Wildman–Crippen MR) is 56.7 cm³/mol. The first-order valence-electron chi connectivity index (χ1n) is 3.16. The fourth-order valence-electron chi connectivity index (χ4n) is 0.819. The molecular formula is C8H2Br2ClNO. The Kier molecular flexibility index (Phi) is 3.48. The molecule has 0 saturated carbocycles. The summed E-state index contributed by atoms with van der Waals surface area (Å²) < 4.78 is 0.989. The Morgan fingerprint density at radius 2 is 2.08 bits per heavy atom. The van der Waals surface area contributed by atoms with Crippen molar-refractivity contribution in [2.24, 2.45) is 0 Å². The topological polar surface area (TPSA) is 40.9 Å². The molecule has 0 aliphatic carbocycles. The number of carbonyl (C=O) groups is 1. The second-order valence-corrected chi connectivity index (χ2v) is 4.16. The second-order valence-electron chi connectivity index (χ2n) is 2.17. The van der Waals surface area contributed by atoms with E-state index in [1.807, 2.05) is 6.07 Å². The van der Waals surface area contributed by atoms with Crippen LogP contribution in [0.15, 0.2) is 21.1 Å². The highest BCUT2D eigenvalue weighted by atomic mass is 79.9. The molecule has 0 fully saturated rings. The van der Waals surface area contributed by atoms with Crippen LogP contribution in [-0.2, 0) is 0 Å². The van der Waals surface area contributed by atoms with Crippen LogP contribution in [-0.4, -0.2) is 5.24 Å². The molecule has 0 radical (unpaired) electrons. The zero-order valence-corrected chi connectivity index (χ0v) is 10.1. The third kappa shape index (κ3) is 2.11. The molecule has 66 valence electrons.